The molecule has 0 bridgehead atoms. The van der Waals surface area contributed by atoms with Crippen LogP contribution in [0.5, 0.6) is 0 Å². The first-order chi connectivity index (χ1) is 9.08. The minimum Gasteiger partial charge on any atom is -0.383 e. The molecule has 102 valence electrons. The molecule has 2 N–H and O–H groups in total. The molecule has 0 atom stereocenters. The summed E-state index contributed by atoms with van der Waals surface area (Å²) in [5, 5.41) is 0.103. The number of halogens is 2. The third-order valence-corrected chi connectivity index (χ3v) is 3.35. The normalized spacial score (nSPS) is 10.9. The van der Waals surface area contributed by atoms with Crippen LogP contribution in [0.4, 0.5) is 10.2 Å². The lowest BCUT2D eigenvalue weighted by Gasteiger charge is -2.06. The van der Waals surface area contributed by atoms with Crippen LogP contribution in [0.15, 0.2) is 18.2 Å². The maximum absolute atomic E-state index is 13.5. The van der Waals surface area contributed by atoms with Crippen LogP contribution < -0.4 is 5.73 Å². The van der Waals surface area contributed by atoms with Crippen molar-refractivity contribution in [3.05, 3.63) is 34.9 Å². The zero-order chi connectivity index (χ0) is 14.0. The molecule has 0 saturated heterocycles. The van der Waals surface area contributed by atoms with Crippen LogP contribution in [0.1, 0.15) is 26.1 Å². The molecule has 19 heavy (non-hydrogen) atoms. The molecule has 0 saturated carbocycles. The van der Waals surface area contributed by atoms with Crippen LogP contribution in [-0.4, -0.2) is 9.55 Å². The van der Waals surface area contributed by atoms with Crippen LogP contribution in [0.25, 0.3) is 11.3 Å². The number of imidazole rings is 1. The lowest BCUT2D eigenvalue weighted by Crippen LogP contribution is -2.06. The van der Waals surface area contributed by atoms with E-state index in [1.54, 1.807) is 6.07 Å². The van der Waals surface area contributed by atoms with Gasteiger partial charge in [-0.2, -0.15) is 0 Å². The molecule has 5 heteroatoms. The zero-order valence-electron chi connectivity index (χ0n) is 11.1. The number of hydrogen-bond donors (Lipinski definition) is 1. The van der Waals surface area contributed by atoms with Gasteiger partial charge in [0.1, 0.15) is 23.2 Å². The van der Waals surface area contributed by atoms with E-state index in [-0.39, 0.29) is 5.02 Å². The number of aryl methyl sites for hydroxylation is 1. The first-order valence-corrected chi connectivity index (χ1v) is 6.76. The fourth-order valence-electron chi connectivity index (χ4n) is 2.11. The van der Waals surface area contributed by atoms with Gasteiger partial charge < -0.3 is 10.3 Å². The van der Waals surface area contributed by atoms with E-state index in [0.717, 1.165) is 25.2 Å². The lowest BCUT2D eigenvalue weighted by atomic mass is 10.1. The Balaban J connectivity index is 2.52. The monoisotopic (exact) mass is 281 g/mol. The fraction of sp³-hybridized carbons (Fsp3) is 0.357. The highest BCUT2D eigenvalue weighted by Crippen LogP contribution is 2.29. The fourth-order valence-corrected chi connectivity index (χ4v) is 2.23. The Kier molecular flexibility index (Phi) is 4.10. The van der Waals surface area contributed by atoms with Gasteiger partial charge in [-0.25, -0.2) is 9.37 Å². The maximum atomic E-state index is 13.5. The largest absolute Gasteiger partial charge is 0.383 e. The van der Waals surface area contributed by atoms with E-state index in [1.807, 2.05) is 11.5 Å². The average Bonchev–Trinajstić information content (AvgIpc) is 2.71. The highest BCUT2D eigenvalue weighted by atomic mass is 35.5. The predicted octanol–water partition coefficient (Wildman–Crippen LogP) is 3.90. The summed E-state index contributed by atoms with van der Waals surface area (Å²) in [6, 6.07) is 4.63. The Bertz CT molecular complexity index is 593. The molecule has 0 aliphatic carbocycles. The smallest absolute Gasteiger partial charge is 0.142 e. The molecule has 0 spiro atoms. The van der Waals surface area contributed by atoms with E-state index in [1.165, 1.54) is 12.1 Å². The van der Waals surface area contributed by atoms with Gasteiger partial charge >= 0.3 is 0 Å². The molecular formula is C14H17ClFN3. The number of nitrogen functional groups attached to an aromatic ring is 1. The Morgan fingerprint density at radius 3 is 2.68 bits per heavy atom. The maximum Gasteiger partial charge on any atom is 0.142 e. The first kappa shape index (κ1) is 13.9. The molecule has 0 aliphatic heterocycles. The number of anilines is 1. The van der Waals surface area contributed by atoms with Gasteiger partial charge in [-0.15, -0.1) is 0 Å². The average molecular weight is 282 g/mol. The highest BCUT2D eigenvalue weighted by molar-refractivity contribution is 6.30. The van der Waals surface area contributed by atoms with Crippen molar-refractivity contribution in [1.29, 1.82) is 0 Å². The molecule has 0 fully saturated rings. The number of nitrogens with two attached hydrogens (primary N) is 1. The zero-order valence-corrected chi connectivity index (χ0v) is 11.8. The Hall–Kier alpha value is -1.55. The van der Waals surface area contributed by atoms with E-state index in [4.69, 9.17) is 17.3 Å². The highest BCUT2D eigenvalue weighted by Gasteiger charge is 2.15. The molecule has 1 aromatic carbocycles. The molecule has 2 rings (SSSR count). The minimum absolute atomic E-state index is 0.103. The van der Waals surface area contributed by atoms with Crippen molar-refractivity contribution >= 4 is 17.4 Å². The van der Waals surface area contributed by atoms with E-state index in [9.17, 15) is 4.39 Å². The molecule has 1 heterocycles. The Morgan fingerprint density at radius 2 is 2.11 bits per heavy atom. The first-order valence-electron chi connectivity index (χ1n) is 6.38. The van der Waals surface area contributed by atoms with Gasteiger partial charge in [0.25, 0.3) is 0 Å². The van der Waals surface area contributed by atoms with Gasteiger partial charge in [-0.3, -0.25) is 0 Å². The summed E-state index contributed by atoms with van der Waals surface area (Å²) in [5.41, 5.74) is 7.41. The topological polar surface area (TPSA) is 43.8 Å². The van der Waals surface area contributed by atoms with Crippen LogP contribution in [0.2, 0.25) is 5.02 Å². The number of aromatic nitrogens is 2. The minimum atomic E-state index is -0.457. The molecule has 3 nitrogen and oxygen atoms in total. The summed E-state index contributed by atoms with van der Waals surface area (Å²) in [6.45, 7) is 4.93. The van der Waals surface area contributed by atoms with Crippen LogP contribution in [0, 0.1) is 5.82 Å². The summed E-state index contributed by atoms with van der Waals surface area (Å²) in [4.78, 5) is 4.52. The molecule has 0 aliphatic rings. The van der Waals surface area contributed by atoms with Gasteiger partial charge in [0, 0.05) is 18.5 Å². The van der Waals surface area contributed by atoms with Gasteiger partial charge in [-0.05, 0) is 18.6 Å². The van der Waals surface area contributed by atoms with Crippen molar-refractivity contribution < 1.29 is 4.39 Å². The van der Waals surface area contributed by atoms with E-state index < -0.39 is 5.82 Å². The van der Waals surface area contributed by atoms with Crippen molar-refractivity contribution in [3.63, 3.8) is 0 Å². The number of benzene rings is 1. The third kappa shape index (κ3) is 2.59. The third-order valence-electron chi connectivity index (χ3n) is 3.04. The van der Waals surface area contributed by atoms with Gasteiger partial charge in [-0.1, -0.05) is 31.5 Å². The molecular weight excluding hydrogens is 265 g/mol. The predicted molar refractivity (Wildman–Crippen MR) is 76.7 cm³/mol. The van der Waals surface area contributed by atoms with E-state index >= 15 is 0 Å². The molecule has 1 aromatic heterocycles. The number of nitrogens with zero attached hydrogens (tertiary/aromatic N) is 2. The molecule has 0 radical (unpaired) electrons. The van der Waals surface area contributed by atoms with E-state index in [0.29, 0.717) is 17.1 Å². The van der Waals surface area contributed by atoms with Crippen molar-refractivity contribution in [2.45, 2.75) is 33.2 Å². The SMILES string of the molecule is CCCn1c(CC)nc(-c2ccc(Cl)c(F)c2)c1N. The summed E-state index contributed by atoms with van der Waals surface area (Å²) < 4.78 is 15.5. The van der Waals surface area contributed by atoms with Crippen LogP contribution >= 0.6 is 11.6 Å². The number of rotatable bonds is 4. The summed E-state index contributed by atoms with van der Waals surface area (Å²) >= 11 is 5.69. The Labute approximate surface area is 117 Å². The quantitative estimate of drug-likeness (QED) is 0.924. The lowest BCUT2D eigenvalue weighted by molar-refractivity contribution is 0.628. The van der Waals surface area contributed by atoms with Crippen LogP contribution in [-0.2, 0) is 13.0 Å². The van der Waals surface area contributed by atoms with Gasteiger partial charge in [0.15, 0.2) is 0 Å². The summed E-state index contributed by atoms with van der Waals surface area (Å²) in [6.07, 6.45) is 1.77. The second-order valence-corrected chi connectivity index (χ2v) is 4.80. The second-order valence-electron chi connectivity index (χ2n) is 4.40. The standard InChI is InChI=1S/C14H17ClFN3/c1-3-7-19-12(4-2)18-13(14(19)17)9-5-6-10(15)11(16)8-9/h5-6,8H,3-4,7,17H2,1-2H3. The second kappa shape index (κ2) is 5.61. The Morgan fingerprint density at radius 1 is 1.37 bits per heavy atom. The summed E-state index contributed by atoms with van der Waals surface area (Å²) in [7, 11) is 0. The van der Waals surface area contributed by atoms with Crippen molar-refractivity contribution in [3.8, 4) is 11.3 Å². The summed E-state index contributed by atoms with van der Waals surface area (Å²) in [5.74, 6) is 1.05. The van der Waals surface area contributed by atoms with Crippen molar-refractivity contribution in [2.75, 3.05) is 5.73 Å². The van der Waals surface area contributed by atoms with Crippen molar-refractivity contribution in [2.24, 2.45) is 0 Å². The number of hydrogen-bond acceptors (Lipinski definition) is 2. The molecule has 2 aromatic rings. The van der Waals surface area contributed by atoms with Crippen LogP contribution in [0.3, 0.4) is 0 Å². The van der Waals surface area contributed by atoms with Crippen molar-refractivity contribution in [1.82, 2.24) is 9.55 Å². The van der Waals surface area contributed by atoms with Gasteiger partial charge in [0.2, 0.25) is 0 Å². The molecule has 0 unspecified atom stereocenters. The van der Waals surface area contributed by atoms with E-state index in [2.05, 4.69) is 11.9 Å². The van der Waals surface area contributed by atoms with Gasteiger partial charge in [0.05, 0.1) is 5.02 Å². The molecule has 0 amide bonds.